The summed E-state index contributed by atoms with van der Waals surface area (Å²) < 4.78 is 10.7. The van der Waals surface area contributed by atoms with Gasteiger partial charge in [0.05, 0.1) is 43.1 Å². The molecule has 0 aliphatic carbocycles. The average Bonchev–Trinajstić information content (AvgIpc) is 3.09. The zero-order valence-corrected chi connectivity index (χ0v) is 18.7. The summed E-state index contributed by atoms with van der Waals surface area (Å²) in [7, 11) is 2.96. The number of aliphatic hydroxyl groups excluding tert-OH is 1. The zero-order valence-electron chi connectivity index (χ0n) is 18.0. The molecule has 7 nitrogen and oxygen atoms in total. The van der Waals surface area contributed by atoms with Gasteiger partial charge in [0.25, 0.3) is 11.7 Å². The number of methoxy groups -OCH3 is 2. The SMILES string of the molecule is COc1cc(/C(O)=C2\C(=O)C(=O)N(Cc3ccccn3)C2c2ccccc2OC)ccc1Cl. The summed E-state index contributed by atoms with van der Waals surface area (Å²) in [5, 5.41) is 11.6. The monoisotopic (exact) mass is 464 g/mol. The predicted octanol–water partition coefficient (Wildman–Crippen LogP) is 4.37. The molecular formula is C25H21ClN2O5. The maximum absolute atomic E-state index is 13.2. The quantitative estimate of drug-likeness (QED) is 0.331. The lowest BCUT2D eigenvalue weighted by atomic mass is 9.94. The van der Waals surface area contributed by atoms with Crippen LogP contribution in [0.2, 0.25) is 5.02 Å². The van der Waals surface area contributed by atoms with E-state index in [9.17, 15) is 14.7 Å². The number of halogens is 1. The van der Waals surface area contributed by atoms with Crippen molar-refractivity contribution in [3.8, 4) is 11.5 Å². The number of nitrogens with zero attached hydrogens (tertiary/aromatic N) is 2. The molecule has 1 saturated heterocycles. The number of para-hydroxylation sites is 1. The molecule has 1 amide bonds. The molecule has 0 saturated carbocycles. The van der Waals surface area contributed by atoms with Crippen molar-refractivity contribution in [3.63, 3.8) is 0 Å². The van der Waals surface area contributed by atoms with E-state index >= 15 is 0 Å². The number of rotatable bonds is 6. The Kier molecular flexibility index (Phi) is 6.33. The molecule has 0 bridgehead atoms. The van der Waals surface area contributed by atoms with E-state index in [0.717, 1.165) is 0 Å². The van der Waals surface area contributed by atoms with Gasteiger partial charge >= 0.3 is 0 Å². The van der Waals surface area contributed by atoms with Gasteiger partial charge < -0.3 is 19.5 Å². The zero-order chi connectivity index (χ0) is 23.5. The molecule has 1 fully saturated rings. The van der Waals surface area contributed by atoms with Crippen molar-refractivity contribution in [3.05, 3.63) is 94.3 Å². The Balaban J connectivity index is 1.91. The van der Waals surface area contributed by atoms with Crippen LogP contribution in [0.15, 0.2) is 72.4 Å². The maximum Gasteiger partial charge on any atom is 0.296 e. The molecule has 0 spiro atoms. The first-order valence-electron chi connectivity index (χ1n) is 10.1. The number of aromatic nitrogens is 1. The minimum absolute atomic E-state index is 0.0511. The lowest BCUT2D eigenvalue weighted by Gasteiger charge is -2.26. The number of carbonyl (C=O) groups is 2. The van der Waals surface area contributed by atoms with Crippen LogP contribution in [0.1, 0.15) is 22.9 Å². The summed E-state index contributed by atoms with van der Waals surface area (Å²) in [6.07, 6.45) is 1.62. The Labute approximate surface area is 195 Å². The second-order valence-electron chi connectivity index (χ2n) is 7.34. The topological polar surface area (TPSA) is 89.0 Å². The van der Waals surface area contributed by atoms with Crippen LogP contribution in [0, 0.1) is 0 Å². The molecule has 1 aromatic heterocycles. The van der Waals surface area contributed by atoms with Crippen LogP contribution in [-0.2, 0) is 16.1 Å². The summed E-state index contributed by atoms with van der Waals surface area (Å²) in [6.45, 7) is 0.0782. The molecule has 1 aliphatic heterocycles. The van der Waals surface area contributed by atoms with Gasteiger partial charge in [-0.2, -0.15) is 0 Å². The lowest BCUT2D eigenvalue weighted by molar-refractivity contribution is -0.140. The molecule has 2 aromatic carbocycles. The van der Waals surface area contributed by atoms with E-state index in [1.165, 1.54) is 25.2 Å². The smallest absolute Gasteiger partial charge is 0.296 e. The predicted molar refractivity (Wildman–Crippen MR) is 123 cm³/mol. The summed E-state index contributed by atoms with van der Waals surface area (Å²) in [6, 6.07) is 16.2. The van der Waals surface area contributed by atoms with Crippen LogP contribution in [0.3, 0.4) is 0 Å². The van der Waals surface area contributed by atoms with Gasteiger partial charge in [-0.25, -0.2) is 0 Å². The van der Waals surface area contributed by atoms with E-state index in [-0.39, 0.29) is 17.9 Å². The van der Waals surface area contributed by atoms with Gasteiger partial charge in [-0.3, -0.25) is 14.6 Å². The lowest BCUT2D eigenvalue weighted by Crippen LogP contribution is -2.29. The number of likely N-dealkylation sites (tertiary alicyclic amines) is 1. The molecule has 1 N–H and O–H groups in total. The number of Topliss-reactive ketones (excluding diaryl/α,β-unsaturated/α-hetero) is 1. The molecule has 4 rings (SSSR count). The number of hydrogen-bond acceptors (Lipinski definition) is 6. The summed E-state index contributed by atoms with van der Waals surface area (Å²) in [4.78, 5) is 32.0. The highest BCUT2D eigenvalue weighted by Crippen LogP contribution is 2.43. The fraction of sp³-hybridized carbons (Fsp3) is 0.160. The maximum atomic E-state index is 13.2. The number of ether oxygens (including phenoxy) is 2. The van der Waals surface area contributed by atoms with E-state index in [1.54, 1.807) is 60.8 Å². The number of pyridine rings is 1. The van der Waals surface area contributed by atoms with Crippen LogP contribution in [-0.4, -0.2) is 40.9 Å². The fourth-order valence-electron chi connectivity index (χ4n) is 3.89. The molecule has 2 heterocycles. The molecule has 33 heavy (non-hydrogen) atoms. The van der Waals surface area contributed by atoms with Gasteiger partial charge in [-0.1, -0.05) is 35.9 Å². The first-order valence-corrected chi connectivity index (χ1v) is 10.5. The van der Waals surface area contributed by atoms with Gasteiger partial charge in [-0.15, -0.1) is 0 Å². The highest BCUT2D eigenvalue weighted by molar-refractivity contribution is 6.46. The largest absolute Gasteiger partial charge is 0.507 e. The molecule has 1 unspecified atom stereocenters. The minimum atomic E-state index is -0.884. The van der Waals surface area contributed by atoms with Crippen molar-refractivity contribution in [1.82, 2.24) is 9.88 Å². The summed E-state index contributed by atoms with van der Waals surface area (Å²) in [5.74, 6) is -1.05. The number of hydrogen-bond donors (Lipinski definition) is 1. The summed E-state index contributed by atoms with van der Waals surface area (Å²) >= 11 is 6.11. The molecule has 1 aliphatic rings. The first-order chi connectivity index (χ1) is 16.0. The first kappa shape index (κ1) is 22.4. The average molecular weight is 465 g/mol. The van der Waals surface area contributed by atoms with Gasteiger partial charge in [0.1, 0.15) is 17.3 Å². The minimum Gasteiger partial charge on any atom is -0.507 e. The second-order valence-corrected chi connectivity index (χ2v) is 7.75. The van der Waals surface area contributed by atoms with Gasteiger partial charge in [0, 0.05) is 17.3 Å². The highest BCUT2D eigenvalue weighted by Gasteiger charge is 2.47. The van der Waals surface area contributed by atoms with Crippen molar-refractivity contribution in [2.45, 2.75) is 12.6 Å². The number of amides is 1. The number of ketones is 1. The third-order valence-corrected chi connectivity index (χ3v) is 5.77. The normalized spacial score (nSPS) is 17.3. The molecule has 3 aromatic rings. The van der Waals surface area contributed by atoms with Crippen LogP contribution in [0.4, 0.5) is 0 Å². The van der Waals surface area contributed by atoms with Crippen molar-refractivity contribution < 1.29 is 24.2 Å². The van der Waals surface area contributed by atoms with E-state index in [4.69, 9.17) is 21.1 Å². The van der Waals surface area contributed by atoms with Crippen LogP contribution < -0.4 is 9.47 Å². The highest BCUT2D eigenvalue weighted by atomic mass is 35.5. The number of benzene rings is 2. The Hall–Kier alpha value is -3.84. The Morgan fingerprint density at radius 1 is 1.03 bits per heavy atom. The van der Waals surface area contributed by atoms with Crippen LogP contribution in [0.25, 0.3) is 5.76 Å². The number of carbonyl (C=O) groups excluding carboxylic acids is 2. The third kappa shape index (κ3) is 4.15. The van der Waals surface area contributed by atoms with Gasteiger partial charge in [-0.05, 0) is 36.4 Å². The number of aliphatic hydroxyl groups is 1. The van der Waals surface area contributed by atoms with Crippen molar-refractivity contribution >= 4 is 29.1 Å². The Morgan fingerprint density at radius 2 is 1.76 bits per heavy atom. The third-order valence-electron chi connectivity index (χ3n) is 5.46. The second kappa shape index (κ2) is 9.34. The van der Waals surface area contributed by atoms with Crippen molar-refractivity contribution in [2.75, 3.05) is 14.2 Å². The Morgan fingerprint density at radius 3 is 2.45 bits per heavy atom. The van der Waals surface area contributed by atoms with E-state index < -0.39 is 17.7 Å². The fourth-order valence-corrected chi connectivity index (χ4v) is 4.08. The van der Waals surface area contributed by atoms with E-state index in [1.807, 2.05) is 0 Å². The van der Waals surface area contributed by atoms with Gasteiger partial charge in [0.2, 0.25) is 0 Å². The van der Waals surface area contributed by atoms with Crippen LogP contribution >= 0.6 is 11.6 Å². The summed E-state index contributed by atoms with van der Waals surface area (Å²) in [5.41, 5.74) is 1.42. The Bertz CT molecular complexity index is 1240. The van der Waals surface area contributed by atoms with E-state index in [0.29, 0.717) is 33.3 Å². The standard InChI is InChI=1S/C25H21ClN2O5/c1-32-19-9-4-3-8-17(19)22-21(23(29)15-10-11-18(26)20(13-15)33-2)24(30)25(31)28(22)14-16-7-5-6-12-27-16/h3-13,22,29H,14H2,1-2H3/b23-21+. The van der Waals surface area contributed by atoms with E-state index in [2.05, 4.69) is 4.98 Å². The van der Waals surface area contributed by atoms with Gasteiger partial charge in [0.15, 0.2) is 0 Å². The van der Waals surface area contributed by atoms with Crippen molar-refractivity contribution in [2.24, 2.45) is 0 Å². The molecule has 168 valence electrons. The van der Waals surface area contributed by atoms with Crippen molar-refractivity contribution in [1.29, 1.82) is 0 Å². The molecular weight excluding hydrogens is 444 g/mol. The molecule has 0 radical (unpaired) electrons. The molecule has 8 heteroatoms. The molecule has 1 atom stereocenters. The van der Waals surface area contributed by atoms with Crippen LogP contribution in [0.5, 0.6) is 11.5 Å².